The Morgan fingerprint density at radius 3 is 2.96 bits per heavy atom. The van der Waals surface area contributed by atoms with Gasteiger partial charge in [-0.2, -0.15) is 5.10 Å². The second-order valence-electron chi connectivity index (χ2n) is 5.40. The van der Waals surface area contributed by atoms with E-state index in [-0.39, 0.29) is 24.1 Å². The van der Waals surface area contributed by atoms with Crippen LogP contribution >= 0.6 is 0 Å². The van der Waals surface area contributed by atoms with E-state index in [0.717, 1.165) is 31.6 Å². The number of rotatable bonds is 5. The van der Waals surface area contributed by atoms with Gasteiger partial charge in [0.25, 0.3) is 0 Å². The van der Waals surface area contributed by atoms with Crippen molar-refractivity contribution < 1.29 is 9.53 Å². The van der Waals surface area contributed by atoms with Gasteiger partial charge in [-0.3, -0.25) is 10.00 Å². The van der Waals surface area contributed by atoms with Crippen molar-refractivity contribution in [3.05, 3.63) is 30.9 Å². The van der Waals surface area contributed by atoms with Gasteiger partial charge in [-0.1, -0.05) is 0 Å². The summed E-state index contributed by atoms with van der Waals surface area (Å²) in [6.45, 7) is 2.82. The summed E-state index contributed by atoms with van der Waals surface area (Å²) in [5.41, 5.74) is 0. The number of urea groups is 1. The number of carbonyl (C=O) groups is 1. The SMILES string of the molecule is CCn1cc(O[C@@H]2CCC[C@@H]2NC(=O)Nc2ncccn2)cn1. The molecule has 2 amide bonds. The lowest BCUT2D eigenvalue weighted by molar-refractivity contribution is 0.175. The molecule has 1 aliphatic rings. The van der Waals surface area contributed by atoms with Gasteiger partial charge in [-0.15, -0.1) is 0 Å². The van der Waals surface area contributed by atoms with Crippen LogP contribution in [0.3, 0.4) is 0 Å². The molecule has 0 aromatic carbocycles. The summed E-state index contributed by atoms with van der Waals surface area (Å²) in [5.74, 6) is 1.02. The Balaban J connectivity index is 1.55. The summed E-state index contributed by atoms with van der Waals surface area (Å²) in [5, 5.41) is 9.75. The third-order valence-corrected chi connectivity index (χ3v) is 3.78. The fourth-order valence-corrected chi connectivity index (χ4v) is 2.66. The van der Waals surface area contributed by atoms with Gasteiger partial charge in [0.1, 0.15) is 6.10 Å². The molecule has 122 valence electrons. The third kappa shape index (κ3) is 3.97. The largest absolute Gasteiger partial charge is 0.485 e. The summed E-state index contributed by atoms with van der Waals surface area (Å²) < 4.78 is 7.78. The number of amides is 2. The van der Waals surface area contributed by atoms with Crippen LogP contribution in [-0.4, -0.2) is 37.9 Å². The molecule has 0 aliphatic heterocycles. The zero-order valence-corrected chi connectivity index (χ0v) is 13.0. The first kappa shape index (κ1) is 15.3. The normalized spacial score (nSPS) is 20.2. The van der Waals surface area contributed by atoms with E-state index >= 15 is 0 Å². The quantitative estimate of drug-likeness (QED) is 0.877. The summed E-state index contributed by atoms with van der Waals surface area (Å²) in [6.07, 6.45) is 9.49. The lowest BCUT2D eigenvalue weighted by Gasteiger charge is -2.21. The van der Waals surface area contributed by atoms with Gasteiger partial charge in [0.05, 0.1) is 18.4 Å². The number of nitrogens with one attached hydrogen (secondary N) is 2. The number of aromatic nitrogens is 4. The topological polar surface area (TPSA) is 94.0 Å². The monoisotopic (exact) mass is 316 g/mol. The molecule has 0 unspecified atom stereocenters. The molecule has 2 N–H and O–H groups in total. The number of hydrogen-bond donors (Lipinski definition) is 2. The minimum Gasteiger partial charge on any atom is -0.485 e. The molecule has 2 aromatic rings. The summed E-state index contributed by atoms with van der Waals surface area (Å²) in [6, 6.07) is 1.34. The lowest BCUT2D eigenvalue weighted by atomic mass is 10.2. The van der Waals surface area contributed by atoms with Crippen molar-refractivity contribution >= 4 is 12.0 Å². The maximum atomic E-state index is 12.0. The highest BCUT2D eigenvalue weighted by Crippen LogP contribution is 2.24. The van der Waals surface area contributed by atoms with Crippen molar-refractivity contribution in [1.82, 2.24) is 25.1 Å². The van der Waals surface area contributed by atoms with Crippen LogP contribution in [-0.2, 0) is 6.54 Å². The van der Waals surface area contributed by atoms with Crippen LogP contribution < -0.4 is 15.4 Å². The van der Waals surface area contributed by atoms with Crippen molar-refractivity contribution in [3.63, 3.8) is 0 Å². The van der Waals surface area contributed by atoms with Crippen molar-refractivity contribution in [2.24, 2.45) is 0 Å². The number of nitrogens with zero attached hydrogens (tertiary/aromatic N) is 4. The molecule has 0 bridgehead atoms. The van der Waals surface area contributed by atoms with Gasteiger partial charge >= 0.3 is 6.03 Å². The first-order chi connectivity index (χ1) is 11.2. The average Bonchev–Trinajstić information content (AvgIpc) is 3.18. The number of anilines is 1. The molecule has 1 saturated carbocycles. The summed E-state index contributed by atoms with van der Waals surface area (Å²) in [4.78, 5) is 20.0. The molecule has 23 heavy (non-hydrogen) atoms. The molecule has 2 atom stereocenters. The Bertz CT molecular complexity index is 644. The average molecular weight is 316 g/mol. The fraction of sp³-hybridized carbons (Fsp3) is 0.467. The Kier molecular flexibility index (Phi) is 4.70. The molecule has 0 spiro atoms. The number of carbonyl (C=O) groups excluding carboxylic acids is 1. The van der Waals surface area contributed by atoms with E-state index in [9.17, 15) is 4.79 Å². The maximum Gasteiger partial charge on any atom is 0.321 e. The zero-order valence-electron chi connectivity index (χ0n) is 13.0. The van der Waals surface area contributed by atoms with Gasteiger partial charge in [-0.05, 0) is 32.3 Å². The minimum absolute atomic E-state index is 0.0383. The molecule has 3 rings (SSSR count). The molecule has 1 aliphatic carbocycles. The van der Waals surface area contributed by atoms with Gasteiger partial charge in [0.15, 0.2) is 5.75 Å². The Labute approximate surface area is 134 Å². The van der Waals surface area contributed by atoms with E-state index in [0.29, 0.717) is 0 Å². The molecular formula is C15H20N6O2. The van der Waals surface area contributed by atoms with Crippen LogP contribution in [0.4, 0.5) is 10.7 Å². The van der Waals surface area contributed by atoms with E-state index in [1.54, 1.807) is 24.7 Å². The van der Waals surface area contributed by atoms with Crippen LogP contribution in [0.25, 0.3) is 0 Å². The van der Waals surface area contributed by atoms with Crippen molar-refractivity contribution in [2.45, 2.75) is 44.9 Å². The second-order valence-corrected chi connectivity index (χ2v) is 5.40. The van der Waals surface area contributed by atoms with Crippen LogP contribution in [0, 0.1) is 0 Å². The van der Waals surface area contributed by atoms with Crippen molar-refractivity contribution in [2.75, 3.05) is 5.32 Å². The highest BCUT2D eigenvalue weighted by atomic mass is 16.5. The van der Waals surface area contributed by atoms with E-state index in [1.807, 2.05) is 17.8 Å². The maximum absolute atomic E-state index is 12.0. The van der Waals surface area contributed by atoms with E-state index in [4.69, 9.17) is 4.74 Å². The molecule has 1 fully saturated rings. The van der Waals surface area contributed by atoms with E-state index in [2.05, 4.69) is 25.7 Å². The van der Waals surface area contributed by atoms with E-state index in [1.165, 1.54) is 0 Å². The first-order valence-corrected chi connectivity index (χ1v) is 7.78. The van der Waals surface area contributed by atoms with E-state index < -0.39 is 0 Å². The molecule has 8 nitrogen and oxygen atoms in total. The van der Waals surface area contributed by atoms with Gasteiger partial charge in [0.2, 0.25) is 5.95 Å². The minimum atomic E-state index is -0.319. The predicted octanol–water partition coefficient (Wildman–Crippen LogP) is 1.81. The molecule has 8 heteroatoms. The highest BCUT2D eigenvalue weighted by molar-refractivity contribution is 5.87. The van der Waals surface area contributed by atoms with Crippen LogP contribution in [0.5, 0.6) is 5.75 Å². The number of hydrogen-bond acceptors (Lipinski definition) is 5. The number of aryl methyl sites for hydroxylation is 1. The van der Waals surface area contributed by atoms with Crippen molar-refractivity contribution in [3.8, 4) is 5.75 Å². The standard InChI is InChI=1S/C15H20N6O2/c1-2-21-10-11(9-18-21)23-13-6-3-5-12(13)19-15(22)20-14-16-7-4-8-17-14/h4,7-10,12-13H,2-3,5-6H2,1H3,(H2,16,17,19,20,22)/t12-,13+/m0/s1. The van der Waals surface area contributed by atoms with Gasteiger partial charge in [-0.25, -0.2) is 14.8 Å². The Hall–Kier alpha value is -2.64. The zero-order chi connectivity index (χ0) is 16.1. The first-order valence-electron chi connectivity index (χ1n) is 7.78. The summed E-state index contributed by atoms with van der Waals surface area (Å²) in [7, 11) is 0. The molecule has 0 radical (unpaired) electrons. The third-order valence-electron chi connectivity index (χ3n) is 3.78. The smallest absolute Gasteiger partial charge is 0.321 e. The van der Waals surface area contributed by atoms with Crippen LogP contribution in [0.15, 0.2) is 30.9 Å². The molecule has 2 heterocycles. The highest BCUT2D eigenvalue weighted by Gasteiger charge is 2.30. The van der Waals surface area contributed by atoms with Crippen molar-refractivity contribution in [1.29, 1.82) is 0 Å². The van der Waals surface area contributed by atoms with Crippen LogP contribution in [0.1, 0.15) is 26.2 Å². The predicted molar refractivity (Wildman–Crippen MR) is 84.1 cm³/mol. The summed E-state index contributed by atoms with van der Waals surface area (Å²) >= 11 is 0. The lowest BCUT2D eigenvalue weighted by Crippen LogP contribution is -2.44. The number of ether oxygens (including phenoxy) is 1. The second kappa shape index (κ2) is 7.08. The van der Waals surface area contributed by atoms with Crippen LogP contribution in [0.2, 0.25) is 0 Å². The van der Waals surface area contributed by atoms with Gasteiger partial charge < -0.3 is 10.1 Å². The molecular weight excluding hydrogens is 296 g/mol. The van der Waals surface area contributed by atoms with Gasteiger partial charge in [0, 0.05) is 18.9 Å². The fourth-order valence-electron chi connectivity index (χ4n) is 2.66. The Morgan fingerprint density at radius 1 is 1.39 bits per heavy atom. The molecule has 0 saturated heterocycles. The Morgan fingerprint density at radius 2 is 2.22 bits per heavy atom. The molecule has 2 aromatic heterocycles.